The molecular weight excluding hydrogens is 531 g/mol. The minimum absolute atomic E-state index is 0.0798. The van der Waals surface area contributed by atoms with Crippen molar-refractivity contribution in [2.45, 2.75) is 26.3 Å². The molecule has 2 aromatic rings. The van der Waals surface area contributed by atoms with Gasteiger partial charge < -0.3 is 25.9 Å². The Bertz CT molecular complexity index is 1190. The topological polar surface area (TPSA) is 139 Å². The lowest BCUT2D eigenvalue weighted by molar-refractivity contribution is -0.118. The van der Waals surface area contributed by atoms with E-state index >= 15 is 0 Å². The minimum atomic E-state index is -0.413. The predicted molar refractivity (Wildman–Crippen MR) is 150 cm³/mol. The van der Waals surface area contributed by atoms with Crippen LogP contribution in [0.2, 0.25) is 10.0 Å². The average molecular weight is 561 g/mol. The van der Waals surface area contributed by atoms with Gasteiger partial charge in [-0.1, -0.05) is 40.5 Å². The van der Waals surface area contributed by atoms with Crippen LogP contribution in [-0.4, -0.2) is 49.8 Å². The third-order valence-electron chi connectivity index (χ3n) is 5.17. The van der Waals surface area contributed by atoms with Gasteiger partial charge in [0.1, 0.15) is 19.0 Å². The Hall–Kier alpha value is -3.60. The van der Waals surface area contributed by atoms with Crippen LogP contribution in [-0.2, 0) is 21.0 Å². The van der Waals surface area contributed by atoms with Crippen LogP contribution >= 0.6 is 23.2 Å². The molecule has 0 aromatic heterocycles. The standard InChI is InChI=1S/C26H30Cl2N6O4/c1-2-38-34-22-14-23(35)33-26(29)31-15-17-12-20(27)25(21(28)13-17)32-24(36)16-30-10-4-3-5-11-37-19-8-6-18(22)7-9-19/h3,5-9,12-13,30H,2,4,10-11,14-16H2,1H3,(H,32,36)(H3,29,31,33,35)/b5-3+,34-22?. The summed E-state index contributed by atoms with van der Waals surface area (Å²) in [4.78, 5) is 34.3. The van der Waals surface area contributed by atoms with E-state index in [-0.39, 0.29) is 41.4 Å². The van der Waals surface area contributed by atoms with Crippen LogP contribution in [0.3, 0.4) is 0 Å². The lowest BCUT2D eigenvalue weighted by Crippen LogP contribution is -2.37. The van der Waals surface area contributed by atoms with Gasteiger partial charge in [-0.25, -0.2) is 4.99 Å². The molecule has 38 heavy (non-hydrogen) atoms. The minimum Gasteiger partial charge on any atom is -0.490 e. The molecule has 0 aliphatic carbocycles. The maximum atomic E-state index is 12.6. The molecule has 4 bridgehead atoms. The molecule has 0 spiro atoms. The third-order valence-corrected chi connectivity index (χ3v) is 5.77. The fourth-order valence-corrected chi connectivity index (χ4v) is 3.99. The summed E-state index contributed by atoms with van der Waals surface area (Å²) in [6.07, 6.45) is 4.50. The number of guanidine groups is 1. The van der Waals surface area contributed by atoms with Gasteiger partial charge in [-0.2, -0.15) is 0 Å². The van der Waals surface area contributed by atoms with Crippen LogP contribution in [0.15, 0.2) is 58.7 Å². The van der Waals surface area contributed by atoms with Gasteiger partial charge >= 0.3 is 0 Å². The smallest absolute Gasteiger partial charge is 0.238 e. The van der Waals surface area contributed by atoms with Crippen LogP contribution in [0.4, 0.5) is 5.69 Å². The molecule has 0 saturated carbocycles. The molecule has 0 saturated heterocycles. The molecule has 202 valence electrons. The number of carbonyl (C=O) groups is 2. The number of ether oxygens (including phenoxy) is 1. The van der Waals surface area contributed by atoms with Crippen molar-refractivity contribution in [1.29, 1.82) is 0 Å². The second kappa shape index (κ2) is 15.0. The number of hydrogen-bond acceptors (Lipinski definition) is 8. The van der Waals surface area contributed by atoms with Crippen molar-refractivity contribution >= 4 is 52.4 Å². The number of oxime groups is 1. The van der Waals surface area contributed by atoms with E-state index in [1.165, 1.54) is 0 Å². The van der Waals surface area contributed by atoms with E-state index in [0.717, 1.165) is 6.42 Å². The molecule has 4 heterocycles. The highest BCUT2D eigenvalue weighted by molar-refractivity contribution is 6.39. The SMILES string of the molecule is CCON=C1CC(=O)NC(N)=NCc2cc(Cl)c(c(Cl)c2)NC(=O)CNCC/C=C/COc2ccc1cc2. The first kappa shape index (κ1) is 29.0. The van der Waals surface area contributed by atoms with E-state index < -0.39 is 5.91 Å². The number of benzene rings is 2. The molecule has 2 amide bonds. The molecule has 4 aliphatic heterocycles. The number of amides is 2. The van der Waals surface area contributed by atoms with E-state index in [1.807, 2.05) is 12.2 Å². The summed E-state index contributed by atoms with van der Waals surface area (Å²) in [7, 11) is 0. The number of hydrogen-bond donors (Lipinski definition) is 4. The van der Waals surface area contributed by atoms with Crippen molar-refractivity contribution in [3.63, 3.8) is 0 Å². The highest BCUT2D eigenvalue weighted by Gasteiger charge is 2.14. The number of nitrogens with zero attached hydrogens (tertiary/aromatic N) is 2. The van der Waals surface area contributed by atoms with Crippen molar-refractivity contribution in [2.24, 2.45) is 15.9 Å². The van der Waals surface area contributed by atoms with Gasteiger partial charge in [0.15, 0.2) is 5.96 Å². The predicted octanol–water partition coefficient (Wildman–Crippen LogP) is 3.62. The molecule has 4 aliphatic rings. The molecule has 2 aromatic carbocycles. The Kier molecular flexibility index (Phi) is 11.4. The van der Waals surface area contributed by atoms with Gasteiger partial charge in [-0.3, -0.25) is 14.9 Å². The Morgan fingerprint density at radius 1 is 1.08 bits per heavy atom. The molecule has 6 rings (SSSR count). The fraction of sp³-hybridized carbons (Fsp3) is 0.308. The van der Waals surface area contributed by atoms with E-state index in [0.29, 0.717) is 48.0 Å². The summed E-state index contributed by atoms with van der Waals surface area (Å²) in [5, 5.41) is 12.9. The monoisotopic (exact) mass is 560 g/mol. The van der Waals surface area contributed by atoms with E-state index in [9.17, 15) is 9.59 Å². The fourth-order valence-electron chi connectivity index (χ4n) is 3.37. The Morgan fingerprint density at radius 3 is 2.53 bits per heavy atom. The van der Waals surface area contributed by atoms with Crippen LogP contribution < -0.4 is 26.4 Å². The second-order valence-electron chi connectivity index (χ2n) is 8.14. The summed E-state index contributed by atoms with van der Waals surface area (Å²) in [6, 6.07) is 10.4. The average Bonchev–Trinajstić information content (AvgIpc) is 2.89. The molecular formula is C26H30Cl2N6O4. The van der Waals surface area contributed by atoms with Gasteiger partial charge in [0.2, 0.25) is 11.8 Å². The number of nitrogens with one attached hydrogen (secondary N) is 3. The first-order valence-electron chi connectivity index (χ1n) is 12.0. The maximum Gasteiger partial charge on any atom is 0.238 e. The van der Waals surface area contributed by atoms with Gasteiger partial charge in [0.25, 0.3) is 0 Å². The molecule has 10 nitrogen and oxygen atoms in total. The lowest BCUT2D eigenvalue weighted by Gasteiger charge is -2.12. The van der Waals surface area contributed by atoms with Gasteiger partial charge in [-0.05, 0) is 61.9 Å². The first-order valence-corrected chi connectivity index (χ1v) is 12.8. The quantitative estimate of drug-likeness (QED) is 0.326. The normalized spacial score (nSPS) is 18.0. The van der Waals surface area contributed by atoms with Crippen molar-refractivity contribution in [1.82, 2.24) is 10.6 Å². The summed E-state index contributed by atoms with van der Waals surface area (Å²) >= 11 is 12.7. The largest absolute Gasteiger partial charge is 0.490 e. The lowest BCUT2D eigenvalue weighted by atomic mass is 10.1. The summed E-state index contributed by atoms with van der Waals surface area (Å²) < 4.78 is 5.73. The van der Waals surface area contributed by atoms with Crippen molar-refractivity contribution in [3.05, 3.63) is 69.7 Å². The highest BCUT2D eigenvalue weighted by Crippen LogP contribution is 2.32. The highest BCUT2D eigenvalue weighted by atomic mass is 35.5. The van der Waals surface area contributed by atoms with E-state index in [4.69, 9.17) is 38.5 Å². The number of anilines is 1. The number of halogens is 2. The summed E-state index contributed by atoms with van der Waals surface area (Å²) in [6.45, 7) is 3.35. The molecule has 0 radical (unpaired) electrons. The number of carbonyl (C=O) groups excluding carboxylic acids is 2. The molecule has 0 unspecified atom stereocenters. The molecule has 12 heteroatoms. The van der Waals surface area contributed by atoms with Crippen molar-refractivity contribution in [2.75, 3.05) is 31.6 Å². The van der Waals surface area contributed by atoms with Crippen molar-refractivity contribution < 1.29 is 19.2 Å². The third kappa shape index (κ3) is 9.37. The number of nitrogens with two attached hydrogens (primary N) is 1. The van der Waals surface area contributed by atoms with Crippen molar-refractivity contribution in [3.8, 4) is 5.75 Å². The zero-order valence-corrected chi connectivity index (χ0v) is 22.4. The van der Waals surface area contributed by atoms with E-state index in [2.05, 4.69) is 26.1 Å². The van der Waals surface area contributed by atoms with Crippen LogP contribution in [0.5, 0.6) is 5.75 Å². The summed E-state index contributed by atoms with van der Waals surface area (Å²) in [5.74, 6) is -0.105. The number of aliphatic imine (C=N–C) groups is 1. The van der Waals surface area contributed by atoms with Crippen LogP contribution in [0, 0.1) is 0 Å². The Labute approximate surface area is 231 Å². The van der Waals surface area contributed by atoms with E-state index in [1.54, 1.807) is 43.3 Å². The first-order chi connectivity index (χ1) is 18.4. The number of rotatable bonds is 2. The Balaban J connectivity index is 1.80. The summed E-state index contributed by atoms with van der Waals surface area (Å²) in [5.41, 5.74) is 8.01. The van der Waals surface area contributed by atoms with Crippen LogP contribution in [0.25, 0.3) is 0 Å². The zero-order chi connectivity index (χ0) is 27.3. The van der Waals surface area contributed by atoms with Crippen LogP contribution in [0.1, 0.15) is 30.9 Å². The Morgan fingerprint density at radius 2 is 1.82 bits per heavy atom. The second-order valence-corrected chi connectivity index (χ2v) is 8.95. The zero-order valence-electron chi connectivity index (χ0n) is 20.9. The molecule has 0 fully saturated rings. The van der Waals surface area contributed by atoms with Gasteiger partial charge in [0.05, 0.1) is 41.0 Å². The molecule has 5 N–H and O–H groups in total. The van der Waals surface area contributed by atoms with Gasteiger partial charge in [-0.15, -0.1) is 0 Å². The van der Waals surface area contributed by atoms with Gasteiger partial charge in [0, 0.05) is 5.56 Å². The maximum absolute atomic E-state index is 12.6. The molecule has 0 atom stereocenters.